The van der Waals surface area contributed by atoms with Gasteiger partial charge < -0.3 is 5.32 Å². The van der Waals surface area contributed by atoms with Crippen LogP contribution in [0, 0.1) is 6.92 Å². The van der Waals surface area contributed by atoms with Crippen LogP contribution in [0.3, 0.4) is 0 Å². The van der Waals surface area contributed by atoms with E-state index >= 15 is 0 Å². The van der Waals surface area contributed by atoms with Gasteiger partial charge in [-0.05, 0) is 43.8 Å². The minimum absolute atomic E-state index is 0.520. The first-order valence-corrected chi connectivity index (χ1v) is 5.91. The molecule has 1 rings (SSSR count). The smallest absolute Gasteiger partial charge is 0.0388 e. The number of rotatable bonds is 5. The number of thiophene rings is 1. The summed E-state index contributed by atoms with van der Waals surface area (Å²) in [5.74, 6) is 0. The molecule has 0 bridgehead atoms. The Bertz CT molecular complexity index is 242. The van der Waals surface area contributed by atoms with E-state index in [4.69, 9.17) is 0 Å². The van der Waals surface area contributed by atoms with E-state index in [0.29, 0.717) is 6.04 Å². The van der Waals surface area contributed by atoms with Crippen LogP contribution in [0.2, 0.25) is 0 Å². The SMILES string of the molecule is CCCCN[C@H](C)c1sccc1C. The molecule has 0 aromatic carbocycles. The van der Waals surface area contributed by atoms with Crippen molar-refractivity contribution in [2.45, 2.75) is 39.7 Å². The van der Waals surface area contributed by atoms with Gasteiger partial charge in [0.2, 0.25) is 0 Å². The lowest BCUT2D eigenvalue weighted by Gasteiger charge is -2.12. The van der Waals surface area contributed by atoms with Gasteiger partial charge in [-0.2, -0.15) is 0 Å². The van der Waals surface area contributed by atoms with E-state index in [1.807, 2.05) is 11.3 Å². The van der Waals surface area contributed by atoms with Crippen molar-refractivity contribution in [3.8, 4) is 0 Å². The lowest BCUT2D eigenvalue weighted by Crippen LogP contribution is -2.19. The van der Waals surface area contributed by atoms with Gasteiger partial charge in [-0.25, -0.2) is 0 Å². The van der Waals surface area contributed by atoms with Crippen LogP contribution in [0.25, 0.3) is 0 Å². The fourth-order valence-corrected chi connectivity index (χ4v) is 2.38. The highest BCUT2D eigenvalue weighted by Gasteiger charge is 2.07. The third-order valence-electron chi connectivity index (χ3n) is 2.28. The zero-order chi connectivity index (χ0) is 9.68. The summed E-state index contributed by atoms with van der Waals surface area (Å²) in [5, 5.41) is 5.71. The maximum Gasteiger partial charge on any atom is 0.0388 e. The normalized spacial score (nSPS) is 13.2. The van der Waals surface area contributed by atoms with Crippen molar-refractivity contribution in [3.05, 3.63) is 21.9 Å². The van der Waals surface area contributed by atoms with Gasteiger partial charge in [0.15, 0.2) is 0 Å². The van der Waals surface area contributed by atoms with Crippen molar-refractivity contribution in [2.75, 3.05) is 6.54 Å². The molecule has 0 amide bonds. The molecule has 0 fully saturated rings. The summed E-state index contributed by atoms with van der Waals surface area (Å²) in [4.78, 5) is 1.48. The quantitative estimate of drug-likeness (QED) is 0.712. The molecule has 0 saturated carbocycles. The summed E-state index contributed by atoms with van der Waals surface area (Å²) in [6.07, 6.45) is 2.54. The maximum atomic E-state index is 3.54. The number of hydrogen-bond acceptors (Lipinski definition) is 2. The Morgan fingerprint density at radius 2 is 2.31 bits per heavy atom. The highest BCUT2D eigenvalue weighted by Crippen LogP contribution is 2.23. The molecule has 0 unspecified atom stereocenters. The highest BCUT2D eigenvalue weighted by molar-refractivity contribution is 7.10. The first-order valence-electron chi connectivity index (χ1n) is 5.03. The molecular weight excluding hydrogens is 178 g/mol. The molecule has 1 nitrogen and oxygen atoms in total. The first-order chi connectivity index (χ1) is 6.25. The van der Waals surface area contributed by atoms with E-state index in [1.54, 1.807) is 0 Å². The molecule has 1 atom stereocenters. The van der Waals surface area contributed by atoms with E-state index in [9.17, 15) is 0 Å². The third kappa shape index (κ3) is 3.12. The summed E-state index contributed by atoms with van der Waals surface area (Å²) in [6.45, 7) is 7.79. The van der Waals surface area contributed by atoms with Gasteiger partial charge in [0.05, 0.1) is 0 Å². The van der Waals surface area contributed by atoms with E-state index in [0.717, 1.165) is 6.54 Å². The summed E-state index contributed by atoms with van der Waals surface area (Å²) >= 11 is 1.85. The largest absolute Gasteiger partial charge is 0.309 e. The second-order valence-electron chi connectivity index (χ2n) is 3.50. The van der Waals surface area contributed by atoms with Crippen molar-refractivity contribution in [3.63, 3.8) is 0 Å². The second kappa shape index (κ2) is 5.40. The van der Waals surface area contributed by atoms with Crippen molar-refractivity contribution < 1.29 is 0 Å². The Balaban J connectivity index is 2.39. The van der Waals surface area contributed by atoms with Gasteiger partial charge in [-0.3, -0.25) is 0 Å². The van der Waals surface area contributed by atoms with Gasteiger partial charge in [0, 0.05) is 10.9 Å². The number of nitrogens with one attached hydrogen (secondary N) is 1. The van der Waals surface area contributed by atoms with Gasteiger partial charge in [0.25, 0.3) is 0 Å². The minimum atomic E-state index is 0.520. The van der Waals surface area contributed by atoms with E-state index in [1.165, 1.54) is 23.3 Å². The molecule has 0 aliphatic carbocycles. The molecule has 74 valence electrons. The average Bonchev–Trinajstić information content (AvgIpc) is 2.52. The zero-order valence-corrected chi connectivity index (χ0v) is 9.58. The van der Waals surface area contributed by atoms with Crippen LogP contribution in [0.4, 0.5) is 0 Å². The van der Waals surface area contributed by atoms with Crippen molar-refractivity contribution in [1.29, 1.82) is 0 Å². The molecule has 1 heterocycles. The molecule has 13 heavy (non-hydrogen) atoms. The van der Waals surface area contributed by atoms with Crippen LogP contribution < -0.4 is 5.32 Å². The molecule has 1 N–H and O–H groups in total. The Morgan fingerprint density at radius 3 is 2.85 bits per heavy atom. The Labute approximate surface area is 85.2 Å². The van der Waals surface area contributed by atoms with Crippen molar-refractivity contribution >= 4 is 11.3 Å². The van der Waals surface area contributed by atoms with E-state index in [2.05, 4.69) is 37.5 Å². The van der Waals surface area contributed by atoms with Gasteiger partial charge in [0.1, 0.15) is 0 Å². The standard InChI is InChI=1S/C11H19NS/c1-4-5-7-12-10(3)11-9(2)6-8-13-11/h6,8,10,12H,4-5,7H2,1-3H3/t10-/m1/s1. The molecule has 1 aromatic rings. The number of unbranched alkanes of at least 4 members (excludes halogenated alkanes) is 1. The van der Waals surface area contributed by atoms with Gasteiger partial charge in [-0.15, -0.1) is 11.3 Å². The van der Waals surface area contributed by atoms with E-state index < -0.39 is 0 Å². The minimum Gasteiger partial charge on any atom is -0.309 e. The number of aryl methyl sites for hydroxylation is 1. The monoisotopic (exact) mass is 197 g/mol. The molecule has 0 aliphatic rings. The van der Waals surface area contributed by atoms with Crippen LogP contribution in [-0.4, -0.2) is 6.54 Å². The average molecular weight is 197 g/mol. The Kier molecular flexibility index (Phi) is 4.46. The molecule has 2 heteroatoms. The topological polar surface area (TPSA) is 12.0 Å². The Hall–Kier alpha value is -0.340. The fraction of sp³-hybridized carbons (Fsp3) is 0.636. The van der Waals surface area contributed by atoms with Crippen molar-refractivity contribution in [2.24, 2.45) is 0 Å². The summed E-state index contributed by atoms with van der Waals surface area (Å²) in [5.41, 5.74) is 1.42. The third-order valence-corrected chi connectivity index (χ3v) is 3.48. The maximum absolute atomic E-state index is 3.54. The summed E-state index contributed by atoms with van der Waals surface area (Å²) in [7, 11) is 0. The van der Waals surface area contributed by atoms with E-state index in [-0.39, 0.29) is 0 Å². The van der Waals surface area contributed by atoms with Crippen LogP contribution >= 0.6 is 11.3 Å². The van der Waals surface area contributed by atoms with Gasteiger partial charge in [-0.1, -0.05) is 13.3 Å². The molecule has 0 saturated heterocycles. The Morgan fingerprint density at radius 1 is 1.54 bits per heavy atom. The fourth-order valence-electron chi connectivity index (χ4n) is 1.42. The predicted octanol–water partition coefficient (Wildman–Crippen LogP) is 3.51. The zero-order valence-electron chi connectivity index (χ0n) is 8.76. The van der Waals surface area contributed by atoms with Crippen LogP contribution in [0.1, 0.15) is 43.2 Å². The lowest BCUT2D eigenvalue weighted by atomic mass is 10.2. The predicted molar refractivity (Wildman–Crippen MR) is 60.4 cm³/mol. The highest BCUT2D eigenvalue weighted by atomic mass is 32.1. The molecule has 0 spiro atoms. The van der Waals surface area contributed by atoms with Crippen LogP contribution in [-0.2, 0) is 0 Å². The van der Waals surface area contributed by atoms with Gasteiger partial charge >= 0.3 is 0 Å². The molecule has 0 aliphatic heterocycles. The second-order valence-corrected chi connectivity index (χ2v) is 4.44. The summed E-state index contributed by atoms with van der Waals surface area (Å²) < 4.78 is 0. The molecule has 0 radical (unpaired) electrons. The lowest BCUT2D eigenvalue weighted by molar-refractivity contribution is 0.559. The van der Waals surface area contributed by atoms with Crippen LogP contribution in [0.5, 0.6) is 0 Å². The summed E-state index contributed by atoms with van der Waals surface area (Å²) in [6, 6.07) is 2.71. The first kappa shape index (κ1) is 10.7. The molecule has 1 aromatic heterocycles. The number of hydrogen-bond donors (Lipinski definition) is 1. The van der Waals surface area contributed by atoms with Crippen LogP contribution in [0.15, 0.2) is 11.4 Å². The molecular formula is C11H19NS. The van der Waals surface area contributed by atoms with Crippen molar-refractivity contribution in [1.82, 2.24) is 5.32 Å².